The number of hydrogen-bond acceptors (Lipinski definition) is 4. The van der Waals surface area contributed by atoms with Gasteiger partial charge in [0, 0.05) is 49.0 Å². The van der Waals surface area contributed by atoms with Crippen LogP contribution in [0, 0.1) is 5.82 Å². The molecule has 2 N–H and O–H groups in total. The summed E-state index contributed by atoms with van der Waals surface area (Å²) in [7, 11) is 1.69. The van der Waals surface area contributed by atoms with Gasteiger partial charge in [-0.15, -0.1) is 0 Å². The fourth-order valence-electron chi connectivity index (χ4n) is 2.90. The standard InChI is InChI=1S/C20H22FN3O2/c1-3-24(10-11-26-2)16-7-5-15(6-8-16)22-13-18-17-12-14(21)4-9-19(17)23-20(18)25/h4-9,12-13,22H,3,10-11H2,1-2H3,(H,23,25). The largest absolute Gasteiger partial charge is 0.383 e. The van der Waals surface area contributed by atoms with E-state index in [1.807, 2.05) is 24.3 Å². The van der Waals surface area contributed by atoms with E-state index in [2.05, 4.69) is 22.5 Å². The minimum atomic E-state index is -0.369. The number of ether oxygens (including phenoxy) is 1. The molecule has 136 valence electrons. The molecule has 0 unspecified atom stereocenters. The summed E-state index contributed by atoms with van der Waals surface area (Å²) in [6.07, 6.45) is 1.61. The van der Waals surface area contributed by atoms with Crippen LogP contribution in [0.3, 0.4) is 0 Å². The molecule has 0 saturated heterocycles. The third-order valence-electron chi connectivity index (χ3n) is 4.33. The monoisotopic (exact) mass is 355 g/mol. The number of benzene rings is 2. The van der Waals surface area contributed by atoms with E-state index < -0.39 is 0 Å². The molecule has 0 aromatic heterocycles. The van der Waals surface area contributed by atoms with E-state index in [4.69, 9.17) is 4.74 Å². The molecule has 1 aliphatic heterocycles. The Morgan fingerprint density at radius 3 is 2.69 bits per heavy atom. The molecule has 1 amide bonds. The summed E-state index contributed by atoms with van der Waals surface area (Å²) < 4.78 is 18.6. The van der Waals surface area contributed by atoms with Gasteiger partial charge >= 0.3 is 0 Å². The van der Waals surface area contributed by atoms with Crippen LogP contribution in [-0.2, 0) is 9.53 Å². The number of carbonyl (C=O) groups is 1. The molecule has 2 aromatic carbocycles. The molecular formula is C20H22FN3O2. The molecule has 0 radical (unpaired) electrons. The Balaban J connectivity index is 1.73. The molecule has 0 spiro atoms. The van der Waals surface area contributed by atoms with E-state index in [0.717, 1.165) is 24.5 Å². The van der Waals surface area contributed by atoms with E-state index in [0.29, 0.717) is 23.4 Å². The summed E-state index contributed by atoms with van der Waals surface area (Å²) in [5, 5.41) is 5.85. The summed E-state index contributed by atoms with van der Waals surface area (Å²) in [5.41, 5.74) is 3.56. The summed E-state index contributed by atoms with van der Waals surface area (Å²) in [4.78, 5) is 14.3. The molecule has 1 heterocycles. The van der Waals surface area contributed by atoms with Crippen molar-refractivity contribution in [1.29, 1.82) is 0 Å². The van der Waals surface area contributed by atoms with Gasteiger partial charge in [0.05, 0.1) is 12.2 Å². The minimum absolute atomic E-state index is 0.244. The molecule has 26 heavy (non-hydrogen) atoms. The van der Waals surface area contributed by atoms with Gasteiger partial charge in [0.2, 0.25) is 0 Å². The quantitative estimate of drug-likeness (QED) is 0.744. The number of nitrogens with one attached hydrogen (secondary N) is 2. The van der Waals surface area contributed by atoms with Gasteiger partial charge in [-0.05, 0) is 49.4 Å². The second-order valence-corrected chi connectivity index (χ2v) is 5.97. The highest BCUT2D eigenvalue weighted by molar-refractivity contribution is 6.31. The topological polar surface area (TPSA) is 53.6 Å². The third-order valence-corrected chi connectivity index (χ3v) is 4.33. The van der Waals surface area contributed by atoms with Crippen LogP contribution in [0.4, 0.5) is 21.5 Å². The van der Waals surface area contributed by atoms with Gasteiger partial charge in [-0.25, -0.2) is 4.39 Å². The van der Waals surface area contributed by atoms with Gasteiger partial charge in [0.25, 0.3) is 5.91 Å². The molecule has 3 rings (SSSR count). The van der Waals surface area contributed by atoms with Crippen molar-refractivity contribution in [2.45, 2.75) is 6.92 Å². The maximum atomic E-state index is 13.5. The fraction of sp³-hybridized carbons (Fsp3) is 0.250. The molecule has 0 fully saturated rings. The predicted octanol–water partition coefficient (Wildman–Crippen LogP) is 3.70. The summed E-state index contributed by atoms with van der Waals surface area (Å²) in [6, 6.07) is 12.2. The molecule has 0 saturated carbocycles. The Morgan fingerprint density at radius 2 is 2.00 bits per heavy atom. The second kappa shape index (κ2) is 8.01. The lowest BCUT2D eigenvalue weighted by Crippen LogP contribution is -2.26. The fourth-order valence-corrected chi connectivity index (χ4v) is 2.90. The summed E-state index contributed by atoms with van der Waals surface area (Å²) in [5.74, 6) is -0.613. The van der Waals surface area contributed by atoms with E-state index in [1.165, 1.54) is 12.1 Å². The Labute approximate surface area is 152 Å². The maximum Gasteiger partial charge on any atom is 0.257 e. The number of rotatable bonds is 7. The third kappa shape index (κ3) is 3.86. The van der Waals surface area contributed by atoms with Gasteiger partial charge in [-0.3, -0.25) is 4.79 Å². The van der Waals surface area contributed by atoms with Gasteiger partial charge < -0.3 is 20.3 Å². The van der Waals surface area contributed by atoms with Gasteiger partial charge in [0.15, 0.2) is 0 Å². The van der Waals surface area contributed by atoms with E-state index in [9.17, 15) is 9.18 Å². The highest BCUT2D eigenvalue weighted by Crippen LogP contribution is 2.32. The van der Waals surface area contributed by atoms with Crippen molar-refractivity contribution in [1.82, 2.24) is 0 Å². The first-order valence-corrected chi connectivity index (χ1v) is 8.54. The molecule has 0 bridgehead atoms. The van der Waals surface area contributed by atoms with Crippen molar-refractivity contribution in [3.63, 3.8) is 0 Å². The van der Waals surface area contributed by atoms with Crippen LogP contribution in [-0.4, -0.2) is 32.7 Å². The SMILES string of the molecule is CCN(CCOC)c1ccc(NC=C2C(=O)Nc3ccc(F)cc32)cc1. The number of carbonyl (C=O) groups excluding carboxylic acids is 1. The van der Waals surface area contributed by atoms with Crippen molar-refractivity contribution in [3.05, 3.63) is 60.0 Å². The molecule has 0 aliphatic carbocycles. The number of fused-ring (bicyclic) bond motifs is 1. The number of nitrogens with zero attached hydrogens (tertiary/aromatic N) is 1. The minimum Gasteiger partial charge on any atom is -0.383 e. The van der Waals surface area contributed by atoms with Crippen LogP contribution in [0.1, 0.15) is 12.5 Å². The van der Waals surface area contributed by atoms with Crippen LogP contribution in [0.2, 0.25) is 0 Å². The highest BCUT2D eigenvalue weighted by Gasteiger charge is 2.24. The lowest BCUT2D eigenvalue weighted by molar-refractivity contribution is -0.110. The number of methoxy groups -OCH3 is 1. The molecule has 6 heteroatoms. The number of likely N-dealkylation sites (N-methyl/N-ethyl adjacent to an activating group) is 1. The Hall–Kier alpha value is -2.86. The zero-order valence-corrected chi connectivity index (χ0v) is 14.9. The van der Waals surface area contributed by atoms with E-state index in [-0.39, 0.29) is 11.7 Å². The molecule has 2 aromatic rings. The van der Waals surface area contributed by atoms with Crippen LogP contribution in [0.5, 0.6) is 0 Å². The van der Waals surface area contributed by atoms with Crippen molar-refractivity contribution in [3.8, 4) is 0 Å². The predicted molar refractivity (Wildman–Crippen MR) is 103 cm³/mol. The highest BCUT2D eigenvalue weighted by atomic mass is 19.1. The average Bonchev–Trinajstić information content (AvgIpc) is 2.96. The van der Waals surface area contributed by atoms with Crippen LogP contribution in [0.15, 0.2) is 48.7 Å². The molecule has 1 aliphatic rings. The van der Waals surface area contributed by atoms with E-state index >= 15 is 0 Å². The molecule has 0 atom stereocenters. The normalized spacial score (nSPS) is 14.3. The van der Waals surface area contributed by atoms with Gasteiger partial charge in [0.1, 0.15) is 5.82 Å². The van der Waals surface area contributed by atoms with Crippen molar-refractivity contribution in [2.75, 3.05) is 42.3 Å². The van der Waals surface area contributed by atoms with Crippen molar-refractivity contribution < 1.29 is 13.9 Å². The zero-order valence-electron chi connectivity index (χ0n) is 14.9. The second-order valence-electron chi connectivity index (χ2n) is 5.97. The summed E-state index contributed by atoms with van der Waals surface area (Å²) >= 11 is 0. The van der Waals surface area contributed by atoms with Crippen LogP contribution < -0.4 is 15.5 Å². The first-order chi connectivity index (χ1) is 12.6. The summed E-state index contributed by atoms with van der Waals surface area (Å²) in [6.45, 7) is 4.49. The molecule has 5 nitrogen and oxygen atoms in total. The van der Waals surface area contributed by atoms with Crippen molar-refractivity contribution >= 4 is 28.5 Å². The van der Waals surface area contributed by atoms with Gasteiger partial charge in [-0.2, -0.15) is 0 Å². The molecular weight excluding hydrogens is 333 g/mol. The lowest BCUT2D eigenvalue weighted by Gasteiger charge is -2.22. The first-order valence-electron chi connectivity index (χ1n) is 8.54. The lowest BCUT2D eigenvalue weighted by atomic mass is 10.1. The smallest absolute Gasteiger partial charge is 0.257 e. The van der Waals surface area contributed by atoms with E-state index in [1.54, 1.807) is 19.4 Å². The van der Waals surface area contributed by atoms with Crippen LogP contribution in [0.25, 0.3) is 5.57 Å². The van der Waals surface area contributed by atoms with Gasteiger partial charge in [-0.1, -0.05) is 0 Å². The number of hydrogen-bond donors (Lipinski definition) is 2. The number of anilines is 3. The Bertz CT molecular complexity index is 818. The maximum absolute atomic E-state index is 13.5. The zero-order chi connectivity index (χ0) is 18.5. The van der Waals surface area contributed by atoms with Crippen molar-refractivity contribution in [2.24, 2.45) is 0 Å². The number of amides is 1. The first kappa shape index (κ1) is 17.9. The number of halogens is 1. The average molecular weight is 355 g/mol. The Kier molecular flexibility index (Phi) is 5.53. The van der Waals surface area contributed by atoms with Crippen LogP contribution >= 0.6 is 0 Å². The Morgan fingerprint density at radius 1 is 1.23 bits per heavy atom.